The van der Waals surface area contributed by atoms with Crippen molar-refractivity contribution in [1.82, 2.24) is 0 Å². The molecule has 26 heavy (non-hydrogen) atoms. The molecule has 6 heteroatoms. The van der Waals surface area contributed by atoms with Gasteiger partial charge in [-0.25, -0.2) is 4.39 Å². The van der Waals surface area contributed by atoms with Gasteiger partial charge in [0.1, 0.15) is 18.2 Å². The van der Waals surface area contributed by atoms with Gasteiger partial charge in [0.2, 0.25) is 0 Å². The first-order valence-electron chi connectivity index (χ1n) is 7.82. The molecular weight excluding hydrogens is 374 g/mol. The van der Waals surface area contributed by atoms with Crippen LogP contribution in [0.3, 0.4) is 0 Å². The topological polar surface area (TPSA) is 33.6 Å². The van der Waals surface area contributed by atoms with Crippen LogP contribution >= 0.6 is 23.2 Å². The predicted octanol–water partition coefficient (Wildman–Crippen LogP) is 6.16. The second-order valence-electron chi connectivity index (χ2n) is 5.44. The highest BCUT2D eigenvalue weighted by atomic mass is 35.5. The van der Waals surface area contributed by atoms with Gasteiger partial charge in [-0.1, -0.05) is 35.3 Å². The minimum Gasteiger partial charge on any atom is -0.489 e. The van der Waals surface area contributed by atoms with Gasteiger partial charge in [-0.15, -0.1) is 0 Å². The largest absolute Gasteiger partial charge is 0.489 e. The number of anilines is 1. The summed E-state index contributed by atoms with van der Waals surface area (Å²) < 4.78 is 19.3. The van der Waals surface area contributed by atoms with E-state index in [0.29, 0.717) is 21.4 Å². The average Bonchev–Trinajstić information content (AvgIpc) is 2.63. The molecule has 3 nitrogen and oxygen atoms in total. The molecule has 0 aliphatic heterocycles. The minimum atomic E-state index is -0.381. The first kappa shape index (κ1) is 18.2. The van der Waals surface area contributed by atoms with E-state index < -0.39 is 0 Å². The number of hydrogen-bond acceptors (Lipinski definition) is 3. The third-order valence-corrected chi connectivity index (χ3v) is 4.15. The van der Waals surface area contributed by atoms with Gasteiger partial charge in [0, 0.05) is 10.6 Å². The normalized spacial score (nSPS) is 10.9. The Morgan fingerprint density at radius 2 is 1.77 bits per heavy atom. The van der Waals surface area contributed by atoms with Crippen LogP contribution in [-0.2, 0) is 6.61 Å². The van der Waals surface area contributed by atoms with Gasteiger partial charge in [-0.3, -0.25) is 5.43 Å². The third-order valence-electron chi connectivity index (χ3n) is 3.56. The first-order valence-corrected chi connectivity index (χ1v) is 8.58. The van der Waals surface area contributed by atoms with Crippen molar-refractivity contribution >= 4 is 35.1 Å². The van der Waals surface area contributed by atoms with Gasteiger partial charge in [-0.2, -0.15) is 5.10 Å². The summed E-state index contributed by atoms with van der Waals surface area (Å²) in [6.07, 6.45) is 1.68. The summed E-state index contributed by atoms with van der Waals surface area (Å²) in [4.78, 5) is 0. The molecule has 0 aliphatic carbocycles. The van der Waals surface area contributed by atoms with Crippen molar-refractivity contribution in [1.29, 1.82) is 0 Å². The van der Waals surface area contributed by atoms with Crippen LogP contribution in [0.2, 0.25) is 10.0 Å². The maximum Gasteiger partial charge on any atom is 0.131 e. The van der Waals surface area contributed by atoms with Gasteiger partial charge in [0.15, 0.2) is 0 Å². The third kappa shape index (κ3) is 4.97. The molecule has 0 spiro atoms. The Bertz CT molecular complexity index is 894. The van der Waals surface area contributed by atoms with E-state index in [1.807, 2.05) is 24.3 Å². The molecule has 0 fully saturated rings. The van der Waals surface area contributed by atoms with E-state index in [1.165, 1.54) is 6.07 Å². The molecule has 1 N–H and O–H groups in total. The van der Waals surface area contributed by atoms with E-state index in [1.54, 1.807) is 42.6 Å². The molecule has 132 valence electrons. The molecule has 0 saturated carbocycles. The Hall–Kier alpha value is -2.56. The fraction of sp³-hybridized carbons (Fsp3) is 0.0500. The van der Waals surface area contributed by atoms with Crippen LogP contribution in [0.15, 0.2) is 71.8 Å². The van der Waals surface area contributed by atoms with E-state index in [9.17, 15) is 4.39 Å². The van der Waals surface area contributed by atoms with E-state index in [-0.39, 0.29) is 12.4 Å². The van der Waals surface area contributed by atoms with Crippen molar-refractivity contribution in [3.05, 3.63) is 93.7 Å². The number of ether oxygens (including phenoxy) is 1. The van der Waals surface area contributed by atoms with Crippen LogP contribution in [0.5, 0.6) is 5.75 Å². The summed E-state index contributed by atoms with van der Waals surface area (Å²) in [6, 6.07) is 19.1. The zero-order valence-electron chi connectivity index (χ0n) is 13.6. The molecule has 3 aromatic carbocycles. The van der Waals surface area contributed by atoms with Gasteiger partial charge < -0.3 is 4.74 Å². The molecule has 0 atom stereocenters. The molecule has 0 bridgehead atoms. The summed E-state index contributed by atoms with van der Waals surface area (Å²) >= 11 is 11.9. The summed E-state index contributed by atoms with van der Waals surface area (Å²) in [5.74, 6) is 0.234. The minimum absolute atomic E-state index is 0.0647. The van der Waals surface area contributed by atoms with Crippen LogP contribution in [-0.4, -0.2) is 6.21 Å². The Morgan fingerprint density at radius 1 is 1.00 bits per heavy atom. The van der Waals surface area contributed by atoms with Crippen LogP contribution in [0.4, 0.5) is 10.1 Å². The molecule has 0 amide bonds. The van der Waals surface area contributed by atoms with Gasteiger partial charge >= 0.3 is 0 Å². The highest BCUT2D eigenvalue weighted by molar-refractivity contribution is 6.31. The van der Waals surface area contributed by atoms with Crippen molar-refractivity contribution in [2.75, 3.05) is 5.43 Å². The molecule has 0 unspecified atom stereocenters. The molecule has 0 saturated heterocycles. The maximum atomic E-state index is 13.7. The van der Waals surface area contributed by atoms with Crippen molar-refractivity contribution in [3.63, 3.8) is 0 Å². The highest BCUT2D eigenvalue weighted by Crippen LogP contribution is 2.21. The Labute approximate surface area is 161 Å². The van der Waals surface area contributed by atoms with Gasteiger partial charge in [0.05, 0.1) is 16.9 Å². The lowest BCUT2D eigenvalue weighted by molar-refractivity contribution is 0.300. The van der Waals surface area contributed by atoms with Gasteiger partial charge in [0.25, 0.3) is 0 Å². The fourth-order valence-corrected chi connectivity index (χ4v) is 2.62. The molecule has 0 heterocycles. The quantitative estimate of drug-likeness (QED) is 0.405. The zero-order chi connectivity index (χ0) is 18.4. The standard InChI is InChI=1S/C20H15Cl2FN2O/c21-15-3-1-4-16(11-15)25-24-12-14-7-9-17(10-8-14)26-13-18-19(22)5-2-6-20(18)23/h1-12,25H,13H2. The highest BCUT2D eigenvalue weighted by Gasteiger charge is 2.07. The molecule has 0 aromatic heterocycles. The van der Waals surface area contributed by atoms with Crippen LogP contribution in [0, 0.1) is 5.82 Å². The Morgan fingerprint density at radius 3 is 2.50 bits per heavy atom. The fourth-order valence-electron chi connectivity index (χ4n) is 2.22. The van der Waals surface area contributed by atoms with Crippen LogP contribution < -0.4 is 10.2 Å². The van der Waals surface area contributed by atoms with E-state index in [0.717, 1.165) is 11.3 Å². The van der Waals surface area contributed by atoms with E-state index in [2.05, 4.69) is 10.5 Å². The Kier molecular flexibility index (Phi) is 6.10. The zero-order valence-corrected chi connectivity index (χ0v) is 15.1. The average molecular weight is 389 g/mol. The summed E-state index contributed by atoms with van der Waals surface area (Å²) in [5, 5.41) is 5.15. The number of hydrogen-bond donors (Lipinski definition) is 1. The summed E-state index contributed by atoms with van der Waals surface area (Å²) in [6.45, 7) is 0.0647. The molecule has 0 aliphatic rings. The summed E-state index contributed by atoms with van der Waals surface area (Å²) in [7, 11) is 0. The van der Waals surface area contributed by atoms with Crippen LogP contribution in [0.25, 0.3) is 0 Å². The number of nitrogens with one attached hydrogen (secondary N) is 1. The van der Waals surface area contributed by atoms with Crippen molar-refractivity contribution in [3.8, 4) is 5.75 Å². The number of benzene rings is 3. The van der Waals surface area contributed by atoms with Crippen molar-refractivity contribution in [2.45, 2.75) is 6.61 Å². The first-order chi connectivity index (χ1) is 12.6. The second kappa shape index (κ2) is 8.70. The number of halogens is 3. The molecule has 0 radical (unpaired) electrons. The molecule has 3 rings (SSSR count). The molecular formula is C20H15Cl2FN2O. The van der Waals surface area contributed by atoms with E-state index in [4.69, 9.17) is 27.9 Å². The molecule has 3 aromatic rings. The van der Waals surface area contributed by atoms with Crippen molar-refractivity contribution in [2.24, 2.45) is 5.10 Å². The smallest absolute Gasteiger partial charge is 0.131 e. The van der Waals surface area contributed by atoms with Gasteiger partial charge in [-0.05, 0) is 60.2 Å². The lowest BCUT2D eigenvalue weighted by atomic mass is 10.2. The second-order valence-corrected chi connectivity index (χ2v) is 6.28. The number of rotatable bonds is 6. The lowest BCUT2D eigenvalue weighted by Gasteiger charge is -2.09. The SMILES string of the molecule is Fc1cccc(Cl)c1COc1ccc(C=NNc2cccc(Cl)c2)cc1. The predicted molar refractivity (Wildman–Crippen MR) is 105 cm³/mol. The summed E-state index contributed by atoms with van der Waals surface area (Å²) in [5.41, 5.74) is 4.93. The maximum absolute atomic E-state index is 13.7. The number of hydrazone groups is 1. The lowest BCUT2D eigenvalue weighted by Crippen LogP contribution is -1.99. The van der Waals surface area contributed by atoms with E-state index >= 15 is 0 Å². The number of nitrogens with zero attached hydrogens (tertiary/aromatic N) is 1. The monoisotopic (exact) mass is 388 g/mol. The van der Waals surface area contributed by atoms with Crippen LogP contribution in [0.1, 0.15) is 11.1 Å². The Balaban J connectivity index is 1.57. The van der Waals surface area contributed by atoms with Crippen molar-refractivity contribution < 1.29 is 9.13 Å².